The summed E-state index contributed by atoms with van der Waals surface area (Å²) in [5, 5.41) is 3.40. The molecular weight excluding hydrogens is 216 g/mol. The first-order chi connectivity index (χ1) is 8.09. The molecule has 0 aromatic rings. The van der Waals surface area contributed by atoms with E-state index in [1.165, 1.54) is 12.8 Å². The summed E-state index contributed by atoms with van der Waals surface area (Å²) in [6.07, 6.45) is 4.47. The molecule has 1 amide bonds. The van der Waals surface area contributed by atoms with Gasteiger partial charge in [0.05, 0.1) is 12.7 Å². The van der Waals surface area contributed by atoms with Crippen LogP contribution in [-0.4, -0.2) is 49.7 Å². The van der Waals surface area contributed by atoms with Crippen LogP contribution in [0.2, 0.25) is 0 Å². The van der Waals surface area contributed by atoms with E-state index in [0.717, 1.165) is 13.0 Å². The van der Waals surface area contributed by atoms with Gasteiger partial charge in [-0.15, -0.1) is 0 Å². The smallest absolute Gasteiger partial charge is 0.223 e. The van der Waals surface area contributed by atoms with Crippen molar-refractivity contribution in [3.63, 3.8) is 0 Å². The predicted octanol–water partition coefficient (Wildman–Crippen LogP) is 1.40. The van der Waals surface area contributed by atoms with Gasteiger partial charge in [0.25, 0.3) is 0 Å². The topological polar surface area (TPSA) is 41.6 Å². The highest BCUT2D eigenvalue weighted by Crippen LogP contribution is 2.11. The minimum absolute atomic E-state index is 0.219. The van der Waals surface area contributed by atoms with Crippen molar-refractivity contribution in [2.45, 2.75) is 51.7 Å². The van der Waals surface area contributed by atoms with Crippen LogP contribution in [0.4, 0.5) is 0 Å². The molecule has 1 saturated heterocycles. The molecule has 100 valence electrons. The molecule has 0 saturated carbocycles. The van der Waals surface area contributed by atoms with Crippen LogP contribution in [0.1, 0.15) is 39.5 Å². The molecule has 1 N–H and O–H groups in total. The van der Waals surface area contributed by atoms with Gasteiger partial charge in [-0.25, -0.2) is 0 Å². The van der Waals surface area contributed by atoms with Gasteiger partial charge < -0.3 is 15.0 Å². The SMILES string of the molecule is CC(C)OCCN(C)C(=O)CC1CCCCN1. The quantitative estimate of drug-likeness (QED) is 0.765. The van der Waals surface area contributed by atoms with Gasteiger partial charge in [0.2, 0.25) is 5.91 Å². The number of ether oxygens (including phenoxy) is 1. The Hall–Kier alpha value is -0.610. The summed E-state index contributed by atoms with van der Waals surface area (Å²) in [7, 11) is 1.86. The first-order valence-electron chi connectivity index (χ1n) is 6.68. The maximum atomic E-state index is 11.9. The number of likely N-dealkylation sites (N-methyl/N-ethyl adjacent to an activating group) is 1. The number of carbonyl (C=O) groups excluding carboxylic acids is 1. The lowest BCUT2D eigenvalue weighted by atomic mass is 10.0. The standard InChI is InChI=1S/C13H26N2O2/c1-11(2)17-9-8-15(3)13(16)10-12-6-4-5-7-14-12/h11-12,14H,4-10H2,1-3H3. The molecule has 1 rings (SSSR count). The lowest BCUT2D eigenvalue weighted by Crippen LogP contribution is -2.40. The highest BCUT2D eigenvalue weighted by Gasteiger charge is 2.18. The van der Waals surface area contributed by atoms with Gasteiger partial charge in [-0.1, -0.05) is 6.42 Å². The van der Waals surface area contributed by atoms with Crippen molar-refractivity contribution in [1.29, 1.82) is 0 Å². The molecule has 4 heteroatoms. The van der Waals surface area contributed by atoms with Gasteiger partial charge in [-0.05, 0) is 33.2 Å². The van der Waals surface area contributed by atoms with E-state index in [-0.39, 0.29) is 12.0 Å². The number of hydrogen-bond donors (Lipinski definition) is 1. The van der Waals surface area contributed by atoms with E-state index in [4.69, 9.17) is 4.74 Å². The van der Waals surface area contributed by atoms with Crippen molar-refractivity contribution in [3.05, 3.63) is 0 Å². The van der Waals surface area contributed by atoms with E-state index in [2.05, 4.69) is 5.32 Å². The third kappa shape index (κ3) is 6.03. The Balaban J connectivity index is 2.16. The van der Waals surface area contributed by atoms with Crippen molar-refractivity contribution in [2.75, 3.05) is 26.7 Å². The summed E-state index contributed by atoms with van der Waals surface area (Å²) in [5.41, 5.74) is 0. The fourth-order valence-corrected chi connectivity index (χ4v) is 2.01. The molecular formula is C13H26N2O2. The van der Waals surface area contributed by atoms with Crippen molar-refractivity contribution >= 4 is 5.91 Å². The van der Waals surface area contributed by atoms with Crippen LogP contribution in [0.25, 0.3) is 0 Å². The molecule has 0 bridgehead atoms. The average molecular weight is 242 g/mol. The summed E-state index contributed by atoms with van der Waals surface area (Å²) >= 11 is 0. The van der Waals surface area contributed by atoms with E-state index in [0.29, 0.717) is 25.6 Å². The van der Waals surface area contributed by atoms with Crippen LogP contribution in [0, 0.1) is 0 Å². The molecule has 0 aromatic carbocycles. The second-order valence-electron chi connectivity index (χ2n) is 5.09. The van der Waals surface area contributed by atoms with Crippen LogP contribution in [-0.2, 0) is 9.53 Å². The van der Waals surface area contributed by atoms with Gasteiger partial charge in [0.1, 0.15) is 0 Å². The van der Waals surface area contributed by atoms with Crippen LogP contribution in [0.15, 0.2) is 0 Å². The van der Waals surface area contributed by atoms with Gasteiger partial charge in [-0.3, -0.25) is 4.79 Å². The van der Waals surface area contributed by atoms with Crippen molar-refractivity contribution < 1.29 is 9.53 Å². The zero-order valence-corrected chi connectivity index (χ0v) is 11.4. The van der Waals surface area contributed by atoms with E-state index >= 15 is 0 Å². The number of amides is 1. The van der Waals surface area contributed by atoms with Crippen molar-refractivity contribution in [1.82, 2.24) is 10.2 Å². The number of piperidine rings is 1. The van der Waals surface area contributed by atoms with Gasteiger partial charge in [0, 0.05) is 26.1 Å². The summed E-state index contributed by atoms with van der Waals surface area (Å²) in [6, 6.07) is 0.379. The molecule has 0 radical (unpaired) electrons. The van der Waals surface area contributed by atoms with E-state index in [9.17, 15) is 4.79 Å². The Labute approximate surface area is 105 Å². The molecule has 1 aliphatic heterocycles. The highest BCUT2D eigenvalue weighted by atomic mass is 16.5. The molecule has 1 aliphatic rings. The van der Waals surface area contributed by atoms with E-state index in [1.54, 1.807) is 4.90 Å². The molecule has 17 heavy (non-hydrogen) atoms. The van der Waals surface area contributed by atoms with Gasteiger partial charge in [-0.2, -0.15) is 0 Å². The normalized spacial score (nSPS) is 20.6. The Bertz CT molecular complexity index is 225. The molecule has 4 nitrogen and oxygen atoms in total. The third-order valence-corrected chi connectivity index (χ3v) is 3.14. The zero-order chi connectivity index (χ0) is 12.7. The highest BCUT2D eigenvalue weighted by molar-refractivity contribution is 5.76. The minimum Gasteiger partial charge on any atom is -0.377 e. The Kier molecular flexibility index (Phi) is 6.52. The lowest BCUT2D eigenvalue weighted by Gasteiger charge is -2.25. The fourth-order valence-electron chi connectivity index (χ4n) is 2.01. The van der Waals surface area contributed by atoms with Gasteiger partial charge in [0.15, 0.2) is 0 Å². The molecule has 1 unspecified atom stereocenters. The maximum Gasteiger partial charge on any atom is 0.223 e. The average Bonchev–Trinajstić information content (AvgIpc) is 2.29. The molecule has 1 fully saturated rings. The second kappa shape index (κ2) is 7.67. The van der Waals surface area contributed by atoms with Crippen molar-refractivity contribution in [3.8, 4) is 0 Å². The zero-order valence-electron chi connectivity index (χ0n) is 11.4. The third-order valence-electron chi connectivity index (χ3n) is 3.14. The monoisotopic (exact) mass is 242 g/mol. The summed E-state index contributed by atoms with van der Waals surface area (Å²) in [4.78, 5) is 13.7. The van der Waals surface area contributed by atoms with Crippen LogP contribution in [0.5, 0.6) is 0 Å². The Morgan fingerprint density at radius 1 is 1.47 bits per heavy atom. The number of carbonyl (C=O) groups is 1. The van der Waals surface area contributed by atoms with Gasteiger partial charge >= 0.3 is 0 Å². The lowest BCUT2D eigenvalue weighted by molar-refractivity contribution is -0.131. The van der Waals surface area contributed by atoms with Crippen molar-refractivity contribution in [2.24, 2.45) is 0 Å². The van der Waals surface area contributed by atoms with Crippen LogP contribution in [0.3, 0.4) is 0 Å². The fraction of sp³-hybridized carbons (Fsp3) is 0.923. The first-order valence-corrected chi connectivity index (χ1v) is 6.68. The van der Waals surface area contributed by atoms with Crippen LogP contribution >= 0.6 is 0 Å². The second-order valence-corrected chi connectivity index (χ2v) is 5.09. The molecule has 0 aromatic heterocycles. The molecule has 1 atom stereocenters. The summed E-state index contributed by atoms with van der Waals surface area (Å²) < 4.78 is 5.44. The predicted molar refractivity (Wildman–Crippen MR) is 69.0 cm³/mol. The summed E-state index contributed by atoms with van der Waals surface area (Å²) in [6.45, 7) is 6.38. The molecule has 0 aliphatic carbocycles. The first kappa shape index (κ1) is 14.5. The molecule has 0 spiro atoms. The summed E-state index contributed by atoms with van der Waals surface area (Å²) in [5.74, 6) is 0.219. The van der Waals surface area contributed by atoms with E-state index < -0.39 is 0 Å². The Morgan fingerprint density at radius 2 is 2.24 bits per heavy atom. The number of nitrogens with zero attached hydrogens (tertiary/aromatic N) is 1. The number of rotatable bonds is 6. The number of hydrogen-bond acceptors (Lipinski definition) is 3. The van der Waals surface area contributed by atoms with Crippen LogP contribution < -0.4 is 5.32 Å². The van der Waals surface area contributed by atoms with E-state index in [1.807, 2.05) is 20.9 Å². The molecule has 1 heterocycles. The Morgan fingerprint density at radius 3 is 2.82 bits per heavy atom. The minimum atomic E-state index is 0.219. The maximum absolute atomic E-state index is 11.9. The largest absolute Gasteiger partial charge is 0.377 e. The number of nitrogens with one attached hydrogen (secondary N) is 1.